The number of hydrogen-bond acceptors (Lipinski definition) is 9. The number of benzene rings is 2. The number of carbonyl (C=O) groups is 1. The Kier molecular flexibility index (Phi) is 6.55. The molecule has 0 aliphatic rings. The Labute approximate surface area is 186 Å². The summed E-state index contributed by atoms with van der Waals surface area (Å²) in [7, 11) is -4.83. The molecule has 166 valence electrons. The molecule has 32 heavy (non-hydrogen) atoms. The van der Waals surface area contributed by atoms with E-state index in [4.69, 9.17) is 20.5 Å². The smallest absolute Gasteiger partial charge is 0.362 e. The van der Waals surface area contributed by atoms with Crippen LogP contribution in [0.4, 0.5) is 5.69 Å². The van der Waals surface area contributed by atoms with Gasteiger partial charge in [0.1, 0.15) is 0 Å². The zero-order valence-corrected chi connectivity index (χ0v) is 17.9. The zero-order chi connectivity index (χ0) is 23.5. The van der Waals surface area contributed by atoms with Crippen LogP contribution in [0.25, 0.3) is 5.69 Å². The Bertz CT molecular complexity index is 1370. The van der Waals surface area contributed by atoms with E-state index in [0.29, 0.717) is 6.07 Å². The van der Waals surface area contributed by atoms with E-state index in [2.05, 4.69) is 5.10 Å². The topological polar surface area (TPSA) is 148 Å². The van der Waals surface area contributed by atoms with Gasteiger partial charge >= 0.3 is 16.1 Å². The average Bonchev–Trinajstić information content (AvgIpc) is 2.74. The number of carbonyl (C=O) groups excluding carboxylic acids is 1. The summed E-state index contributed by atoms with van der Waals surface area (Å²) in [4.78, 5) is 34.6. The highest BCUT2D eigenvalue weighted by Crippen LogP contribution is 2.28. The van der Waals surface area contributed by atoms with Gasteiger partial charge in [-0.15, -0.1) is 0 Å². The van der Waals surface area contributed by atoms with Crippen molar-refractivity contribution in [3.63, 3.8) is 0 Å². The lowest BCUT2D eigenvalue weighted by molar-refractivity contribution is -0.387. The minimum absolute atomic E-state index is 0.0813. The molecule has 3 aromatic rings. The fraction of sp³-hybridized carbons (Fsp3) is 0.105. The summed E-state index contributed by atoms with van der Waals surface area (Å²) in [6, 6.07) is 11.3. The molecule has 2 aromatic carbocycles. The first kappa shape index (κ1) is 22.9. The van der Waals surface area contributed by atoms with E-state index in [1.54, 1.807) is 12.1 Å². The SMILES string of the molecule is CCOC(=O)c1nn(-c2ccccc2Cl)c(=O)cc1OS(=O)(=O)c1ccccc1[N+](=O)[O-]. The lowest BCUT2D eigenvalue weighted by atomic mass is 10.3. The van der Waals surface area contributed by atoms with Crippen LogP contribution in [0.5, 0.6) is 5.75 Å². The van der Waals surface area contributed by atoms with Crippen molar-refractivity contribution in [3.05, 3.63) is 85.8 Å². The van der Waals surface area contributed by atoms with Crippen LogP contribution in [0.15, 0.2) is 64.3 Å². The second kappa shape index (κ2) is 9.16. The molecule has 3 rings (SSSR count). The van der Waals surface area contributed by atoms with E-state index in [1.807, 2.05) is 0 Å². The third-order valence-corrected chi connectivity index (χ3v) is 5.58. The molecule has 0 fully saturated rings. The number of nitro groups is 1. The first-order valence-corrected chi connectivity index (χ1v) is 10.7. The minimum atomic E-state index is -4.83. The van der Waals surface area contributed by atoms with Crippen molar-refractivity contribution in [2.45, 2.75) is 11.8 Å². The summed E-state index contributed by atoms with van der Waals surface area (Å²) >= 11 is 6.09. The van der Waals surface area contributed by atoms with Gasteiger partial charge in [0.2, 0.25) is 5.69 Å². The van der Waals surface area contributed by atoms with Gasteiger partial charge in [-0.2, -0.15) is 18.2 Å². The molecule has 0 atom stereocenters. The summed E-state index contributed by atoms with van der Waals surface area (Å²) in [6.45, 7) is 1.43. The van der Waals surface area contributed by atoms with E-state index in [1.165, 1.54) is 31.2 Å². The molecule has 11 nitrogen and oxygen atoms in total. The Morgan fingerprint density at radius 2 is 1.84 bits per heavy atom. The lowest BCUT2D eigenvalue weighted by Gasteiger charge is -2.13. The number of para-hydroxylation sites is 2. The summed E-state index contributed by atoms with van der Waals surface area (Å²) in [6.07, 6.45) is 0. The van der Waals surface area contributed by atoms with Gasteiger partial charge in [0.15, 0.2) is 10.6 Å². The van der Waals surface area contributed by atoms with Crippen LogP contribution >= 0.6 is 11.6 Å². The number of nitrogens with zero attached hydrogens (tertiary/aromatic N) is 3. The zero-order valence-electron chi connectivity index (χ0n) is 16.3. The van der Waals surface area contributed by atoms with Crippen LogP contribution in [0.3, 0.4) is 0 Å². The second-order valence-corrected chi connectivity index (χ2v) is 7.96. The van der Waals surface area contributed by atoms with E-state index in [-0.39, 0.29) is 17.3 Å². The molecular formula is C19H14ClN3O8S. The van der Waals surface area contributed by atoms with Crippen molar-refractivity contribution in [2.75, 3.05) is 6.61 Å². The molecule has 13 heteroatoms. The normalized spacial score (nSPS) is 11.1. The molecule has 0 saturated heterocycles. The number of rotatable bonds is 7. The number of hydrogen-bond donors (Lipinski definition) is 0. The third-order valence-electron chi connectivity index (χ3n) is 3.98. The number of nitro benzene ring substituents is 1. The van der Waals surface area contributed by atoms with E-state index >= 15 is 0 Å². The highest BCUT2D eigenvalue weighted by Gasteiger charge is 2.30. The summed E-state index contributed by atoms with van der Waals surface area (Å²) in [5.41, 5.74) is -2.15. The molecule has 1 heterocycles. The van der Waals surface area contributed by atoms with Gasteiger partial charge in [0.25, 0.3) is 11.2 Å². The first-order chi connectivity index (χ1) is 15.2. The maximum absolute atomic E-state index is 12.7. The van der Waals surface area contributed by atoms with Gasteiger partial charge < -0.3 is 8.92 Å². The first-order valence-electron chi connectivity index (χ1n) is 8.90. The van der Waals surface area contributed by atoms with Crippen molar-refractivity contribution in [2.24, 2.45) is 0 Å². The number of esters is 1. The Morgan fingerprint density at radius 1 is 1.19 bits per heavy atom. The fourth-order valence-corrected chi connectivity index (χ4v) is 3.94. The molecule has 0 radical (unpaired) electrons. The van der Waals surface area contributed by atoms with Crippen molar-refractivity contribution < 1.29 is 27.1 Å². The number of halogens is 1. The fourth-order valence-electron chi connectivity index (χ4n) is 2.62. The van der Waals surface area contributed by atoms with Crippen molar-refractivity contribution in [3.8, 4) is 11.4 Å². The molecular weight excluding hydrogens is 466 g/mol. The van der Waals surface area contributed by atoms with Crippen molar-refractivity contribution in [1.29, 1.82) is 0 Å². The van der Waals surface area contributed by atoms with Crippen LogP contribution in [-0.4, -0.2) is 35.7 Å². The summed E-state index contributed by atoms with van der Waals surface area (Å²) < 4.78 is 36.1. The Balaban J connectivity index is 2.17. The molecule has 0 aliphatic carbocycles. The molecule has 0 unspecified atom stereocenters. The Hall–Kier alpha value is -3.77. The monoisotopic (exact) mass is 479 g/mol. The highest BCUT2D eigenvalue weighted by atomic mass is 35.5. The standard InChI is InChI=1S/C19H14ClN3O8S/c1-2-30-19(25)18-15(11-17(24)22(21-18)13-8-4-3-7-12(13)20)31-32(28,29)16-10-6-5-9-14(16)23(26)27/h3-11H,2H2,1H3. The summed E-state index contributed by atoms with van der Waals surface area (Å²) in [5.74, 6) is -1.84. The van der Waals surface area contributed by atoms with E-state index < -0.39 is 48.6 Å². The van der Waals surface area contributed by atoms with Crippen LogP contribution < -0.4 is 9.74 Å². The van der Waals surface area contributed by atoms with Gasteiger partial charge in [0.05, 0.1) is 28.3 Å². The molecule has 0 bridgehead atoms. The van der Waals surface area contributed by atoms with E-state index in [9.17, 15) is 28.1 Å². The average molecular weight is 480 g/mol. The molecule has 0 aliphatic heterocycles. The maximum Gasteiger partial charge on any atom is 0.362 e. The molecule has 0 spiro atoms. The number of aromatic nitrogens is 2. The molecule has 0 N–H and O–H groups in total. The van der Waals surface area contributed by atoms with Gasteiger partial charge in [-0.3, -0.25) is 14.9 Å². The van der Waals surface area contributed by atoms with Crippen molar-refractivity contribution in [1.82, 2.24) is 9.78 Å². The van der Waals surface area contributed by atoms with Crippen LogP contribution in [-0.2, 0) is 14.9 Å². The predicted octanol–water partition coefficient (Wildman–Crippen LogP) is 2.74. The maximum atomic E-state index is 12.7. The van der Waals surface area contributed by atoms with Gasteiger partial charge in [-0.1, -0.05) is 35.9 Å². The van der Waals surface area contributed by atoms with Crippen LogP contribution in [0.2, 0.25) is 5.02 Å². The van der Waals surface area contributed by atoms with Crippen LogP contribution in [0.1, 0.15) is 17.4 Å². The van der Waals surface area contributed by atoms with Gasteiger partial charge in [0, 0.05) is 6.07 Å². The number of ether oxygens (including phenoxy) is 1. The van der Waals surface area contributed by atoms with E-state index in [0.717, 1.165) is 16.8 Å². The largest absolute Gasteiger partial charge is 0.461 e. The minimum Gasteiger partial charge on any atom is -0.461 e. The van der Waals surface area contributed by atoms with Crippen LogP contribution in [0, 0.1) is 10.1 Å². The lowest BCUT2D eigenvalue weighted by Crippen LogP contribution is -2.26. The van der Waals surface area contributed by atoms with Gasteiger partial charge in [-0.25, -0.2) is 4.79 Å². The quantitative estimate of drug-likeness (QED) is 0.216. The Morgan fingerprint density at radius 3 is 2.50 bits per heavy atom. The molecule has 0 amide bonds. The van der Waals surface area contributed by atoms with Gasteiger partial charge in [-0.05, 0) is 25.1 Å². The van der Waals surface area contributed by atoms with Crippen molar-refractivity contribution >= 4 is 33.4 Å². The molecule has 1 aromatic heterocycles. The molecule has 0 saturated carbocycles. The summed E-state index contributed by atoms with van der Waals surface area (Å²) in [5, 5.41) is 15.2. The second-order valence-electron chi connectivity index (χ2n) is 6.04. The third kappa shape index (κ3) is 4.60. The predicted molar refractivity (Wildman–Crippen MR) is 112 cm³/mol. The highest BCUT2D eigenvalue weighted by molar-refractivity contribution is 7.87.